The highest BCUT2D eigenvalue weighted by atomic mass is 35.5. The lowest BCUT2D eigenvalue weighted by atomic mass is 10.2. The first-order valence-corrected chi connectivity index (χ1v) is 7.36. The molecule has 0 fully saturated rings. The topological polar surface area (TPSA) is 52.3 Å². The standard InChI is InChI=1S/C16H9ClF2N4O/c17-15-20-11-7-3-1-5-9(11)14-21-13(22-23(14)15)10-6-2-4-8-12(10)24-16(18)19/h1-8,16H. The molecular weight excluding hydrogens is 338 g/mol. The van der Waals surface area contributed by atoms with Crippen LogP contribution in [0.2, 0.25) is 5.28 Å². The molecule has 120 valence electrons. The van der Waals surface area contributed by atoms with Gasteiger partial charge in [-0.05, 0) is 35.9 Å². The number of hydrogen-bond donors (Lipinski definition) is 0. The number of rotatable bonds is 3. The molecule has 5 nitrogen and oxygen atoms in total. The van der Waals surface area contributed by atoms with Gasteiger partial charge in [-0.3, -0.25) is 0 Å². The average Bonchev–Trinajstić information content (AvgIpc) is 3.01. The van der Waals surface area contributed by atoms with Crippen molar-refractivity contribution in [2.45, 2.75) is 6.61 Å². The zero-order valence-electron chi connectivity index (χ0n) is 12.0. The molecule has 0 aliphatic rings. The molecule has 0 aliphatic heterocycles. The van der Waals surface area contributed by atoms with Gasteiger partial charge in [0.05, 0.1) is 11.1 Å². The van der Waals surface area contributed by atoms with Gasteiger partial charge in [0.25, 0.3) is 0 Å². The number of ether oxygens (including phenoxy) is 1. The first-order valence-electron chi connectivity index (χ1n) is 6.99. The maximum atomic E-state index is 12.6. The van der Waals surface area contributed by atoms with E-state index >= 15 is 0 Å². The Balaban J connectivity index is 1.96. The van der Waals surface area contributed by atoms with Crippen LogP contribution >= 0.6 is 11.6 Å². The fourth-order valence-electron chi connectivity index (χ4n) is 2.49. The summed E-state index contributed by atoms with van der Waals surface area (Å²) < 4.78 is 31.1. The SMILES string of the molecule is FC(F)Oc1ccccc1-c1nc2c3ccccc3nc(Cl)n2n1. The van der Waals surface area contributed by atoms with Gasteiger partial charge in [-0.1, -0.05) is 24.3 Å². The van der Waals surface area contributed by atoms with Crippen LogP contribution in [0.25, 0.3) is 27.9 Å². The summed E-state index contributed by atoms with van der Waals surface area (Å²) in [6.07, 6.45) is 0. The quantitative estimate of drug-likeness (QED) is 0.522. The maximum Gasteiger partial charge on any atom is 0.387 e. The molecule has 0 N–H and O–H groups in total. The van der Waals surface area contributed by atoms with E-state index in [1.807, 2.05) is 24.3 Å². The third-order valence-corrected chi connectivity index (χ3v) is 3.73. The highest BCUT2D eigenvalue weighted by molar-refractivity contribution is 6.29. The van der Waals surface area contributed by atoms with E-state index in [2.05, 4.69) is 19.8 Å². The number of hydrogen-bond acceptors (Lipinski definition) is 4. The molecule has 0 atom stereocenters. The Labute approximate surface area is 139 Å². The fraction of sp³-hybridized carbons (Fsp3) is 0.0625. The second kappa shape index (κ2) is 5.68. The Bertz CT molecular complexity index is 1050. The molecule has 0 unspecified atom stereocenters. The molecule has 0 spiro atoms. The average molecular weight is 347 g/mol. The van der Waals surface area contributed by atoms with Gasteiger partial charge in [-0.25, -0.2) is 9.97 Å². The smallest absolute Gasteiger partial charge is 0.387 e. The molecule has 0 bridgehead atoms. The molecular formula is C16H9ClF2N4O. The number of aromatic nitrogens is 4. The Morgan fingerprint density at radius 2 is 1.75 bits per heavy atom. The summed E-state index contributed by atoms with van der Waals surface area (Å²) in [7, 11) is 0. The van der Waals surface area contributed by atoms with Crippen LogP contribution in [0.1, 0.15) is 0 Å². The molecule has 0 saturated heterocycles. The van der Waals surface area contributed by atoms with Gasteiger partial charge < -0.3 is 4.74 Å². The van der Waals surface area contributed by atoms with Crippen LogP contribution < -0.4 is 4.74 Å². The van der Waals surface area contributed by atoms with Crippen LogP contribution in [0.3, 0.4) is 0 Å². The van der Waals surface area contributed by atoms with Crippen molar-refractivity contribution >= 4 is 28.2 Å². The third-order valence-electron chi connectivity index (χ3n) is 3.48. The predicted octanol–water partition coefficient (Wildman–Crippen LogP) is 4.20. The summed E-state index contributed by atoms with van der Waals surface area (Å²) in [5, 5.41) is 5.18. The second-order valence-corrected chi connectivity index (χ2v) is 5.28. The van der Waals surface area contributed by atoms with Gasteiger partial charge in [-0.15, -0.1) is 5.10 Å². The Morgan fingerprint density at radius 3 is 2.58 bits per heavy atom. The summed E-state index contributed by atoms with van der Waals surface area (Å²) in [5.41, 5.74) is 1.51. The number of halogens is 3. The van der Waals surface area contributed by atoms with Gasteiger partial charge in [0.1, 0.15) is 5.75 Å². The third kappa shape index (κ3) is 2.43. The number of benzene rings is 2. The highest BCUT2D eigenvalue weighted by Gasteiger charge is 2.17. The largest absolute Gasteiger partial charge is 0.434 e. The number of para-hydroxylation sites is 2. The highest BCUT2D eigenvalue weighted by Crippen LogP contribution is 2.30. The van der Waals surface area contributed by atoms with Crippen molar-refractivity contribution in [3.05, 3.63) is 53.8 Å². The second-order valence-electron chi connectivity index (χ2n) is 4.94. The molecule has 0 saturated carbocycles. The minimum absolute atomic E-state index is 0.00297. The first kappa shape index (κ1) is 14.8. The van der Waals surface area contributed by atoms with E-state index in [0.717, 1.165) is 5.39 Å². The number of nitrogens with zero attached hydrogens (tertiary/aromatic N) is 4. The van der Waals surface area contributed by atoms with E-state index in [-0.39, 0.29) is 16.9 Å². The Kier molecular flexibility index (Phi) is 3.50. The molecule has 4 rings (SSSR count). The summed E-state index contributed by atoms with van der Waals surface area (Å²) in [5.74, 6) is 0.225. The van der Waals surface area contributed by atoms with E-state index in [1.165, 1.54) is 10.6 Å². The zero-order valence-corrected chi connectivity index (χ0v) is 12.8. The molecule has 2 aromatic carbocycles. The molecule has 0 amide bonds. The number of fused-ring (bicyclic) bond motifs is 3. The van der Waals surface area contributed by atoms with Gasteiger partial charge in [0.2, 0.25) is 5.28 Å². The molecule has 4 aromatic rings. The fourth-order valence-corrected chi connectivity index (χ4v) is 2.70. The lowest BCUT2D eigenvalue weighted by molar-refractivity contribution is -0.0494. The lowest BCUT2D eigenvalue weighted by Gasteiger charge is -2.07. The van der Waals surface area contributed by atoms with Crippen molar-refractivity contribution < 1.29 is 13.5 Å². The van der Waals surface area contributed by atoms with Crippen molar-refractivity contribution in [1.82, 2.24) is 19.6 Å². The van der Waals surface area contributed by atoms with E-state index in [1.54, 1.807) is 18.2 Å². The minimum Gasteiger partial charge on any atom is -0.434 e. The molecule has 0 aliphatic carbocycles. The van der Waals surface area contributed by atoms with Crippen molar-refractivity contribution in [3.63, 3.8) is 0 Å². The van der Waals surface area contributed by atoms with Crippen LogP contribution in [0.15, 0.2) is 48.5 Å². The summed E-state index contributed by atoms with van der Waals surface area (Å²) in [4.78, 5) is 8.70. The first-order chi connectivity index (χ1) is 11.6. The summed E-state index contributed by atoms with van der Waals surface area (Å²) in [6.45, 7) is -2.94. The van der Waals surface area contributed by atoms with Crippen LogP contribution in [0.5, 0.6) is 5.75 Å². The van der Waals surface area contributed by atoms with E-state index in [4.69, 9.17) is 11.6 Å². The Morgan fingerprint density at radius 1 is 1.00 bits per heavy atom. The van der Waals surface area contributed by atoms with Crippen LogP contribution in [-0.2, 0) is 0 Å². The van der Waals surface area contributed by atoms with Crippen LogP contribution in [-0.4, -0.2) is 26.2 Å². The van der Waals surface area contributed by atoms with Gasteiger partial charge in [0, 0.05) is 5.39 Å². The maximum absolute atomic E-state index is 12.6. The van der Waals surface area contributed by atoms with Crippen molar-refractivity contribution in [3.8, 4) is 17.1 Å². The van der Waals surface area contributed by atoms with Crippen molar-refractivity contribution in [1.29, 1.82) is 0 Å². The van der Waals surface area contributed by atoms with Crippen molar-refractivity contribution in [2.24, 2.45) is 0 Å². The van der Waals surface area contributed by atoms with E-state index < -0.39 is 6.61 Å². The summed E-state index contributed by atoms with van der Waals surface area (Å²) >= 11 is 6.16. The molecule has 8 heteroatoms. The monoisotopic (exact) mass is 346 g/mol. The van der Waals surface area contributed by atoms with Crippen LogP contribution in [0, 0.1) is 0 Å². The van der Waals surface area contributed by atoms with Gasteiger partial charge in [-0.2, -0.15) is 13.3 Å². The van der Waals surface area contributed by atoms with Crippen molar-refractivity contribution in [2.75, 3.05) is 0 Å². The Hall–Kier alpha value is -2.80. The molecule has 2 aromatic heterocycles. The van der Waals surface area contributed by atoms with Gasteiger partial charge >= 0.3 is 6.61 Å². The van der Waals surface area contributed by atoms with E-state index in [0.29, 0.717) is 16.7 Å². The van der Waals surface area contributed by atoms with Crippen LogP contribution in [0.4, 0.5) is 8.78 Å². The lowest BCUT2D eigenvalue weighted by Crippen LogP contribution is -2.03. The zero-order chi connectivity index (χ0) is 16.7. The van der Waals surface area contributed by atoms with E-state index in [9.17, 15) is 8.78 Å². The molecule has 2 heterocycles. The van der Waals surface area contributed by atoms with Gasteiger partial charge in [0.15, 0.2) is 11.5 Å². The number of alkyl halides is 2. The normalized spacial score (nSPS) is 11.5. The molecule has 24 heavy (non-hydrogen) atoms. The molecule has 0 radical (unpaired) electrons. The summed E-state index contributed by atoms with van der Waals surface area (Å²) in [6, 6.07) is 13.7. The predicted molar refractivity (Wildman–Crippen MR) is 85.4 cm³/mol. The minimum atomic E-state index is -2.94.